The third kappa shape index (κ3) is 3.17. The lowest BCUT2D eigenvalue weighted by Crippen LogP contribution is -2.21. The summed E-state index contributed by atoms with van der Waals surface area (Å²) < 4.78 is 13.3. The average Bonchev–Trinajstić information content (AvgIpc) is 2.87. The molecule has 0 saturated carbocycles. The number of nitro groups is 1. The number of aromatic nitrogens is 1. The molecule has 2 aromatic rings. The maximum Gasteiger partial charge on any atom is 0.305 e. The molecule has 2 rings (SSSR count). The zero-order chi connectivity index (χ0) is 14.7. The van der Waals surface area contributed by atoms with Gasteiger partial charge in [0.05, 0.1) is 15.6 Å². The van der Waals surface area contributed by atoms with E-state index in [1.807, 2.05) is 6.92 Å². The summed E-state index contributed by atoms with van der Waals surface area (Å²) in [6.45, 7) is 2.00. The number of nitrogens with zero attached hydrogens (tertiary/aromatic N) is 2. The second-order valence-corrected chi connectivity index (χ2v) is 5.36. The number of hydrogen-bond donors (Lipinski definition) is 1. The van der Waals surface area contributed by atoms with E-state index in [9.17, 15) is 14.5 Å². The number of benzene rings is 1. The molecule has 0 spiro atoms. The van der Waals surface area contributed by atoms with E-state index in [2.05, 4.69) is 4.98 Å². The van der Waals surface area contributed by atoms with Crippen LogP contribution >= 0.6 is 11.3 Å². The molecule has 106 valence electrons. The first-order valence-electron chi connectivity index (χ1n) is 6.15. The van der Waals surface area contributed by atoms with Gasteiger partial charge in [-0.3, -0.25) is 10.1 Å². The summed E-state index contributed by atoms with van der Waals surface area (Å²) in [4.78, 5) is 14.4. The molecule has 0 bridgehead atoms. The highest BCUT2D eigenvalue weighted by Gasteiger charge is 2.16. The molecular weight excluding hydrogens is 281 g/mol. The van der Waals surface area contributed by atoms with Gasteiger partial charge in [-0.15, -0.1) is 11.3 Å². The molecule has 7 heteroatoms. The van der Waals surface area contributed by atoms with Crippen molar-refractivity contribution in [3.63, 3.8) is 0 Å². The summed E-state index contributed by atoms with van der Waals surface area (Å²) in [5, 5.41) is 13.4. The Morgan fingerprint density at radius 3 is 2.95 bits per heavy atom. The first-order chi connectivity index (χ1) is 9.51. The van der Waals surface area contributed by atoms with E-state index in [1.165, 1.54) is 23.5 Å². The van der Waals surface area contributed by atoms with Gasteiger partial charge in [0.1, 0.15) is 0 Å². The molecule has 1 atom stereocenters. The number of thiazole rings is 1. The number of rotatable bonds is 5. The van der Waals surface area contributed by atoms with Gasteiger partial charge in [0, 0.05) is 29.5 Å². The fourth-order valence-electron chi connectivity index (χ4n) is 1.72. The van der Waals surface area contributed by atoms with E-state index >= 15 is 0 Å². The summed E-state index contributed by atoms with van der Waals surface area (Å²) in [6.07, 6.45) is 1.53. The van der Waals surface area contributed by atoms with Crippen molar-refractivity contribution < 1.29 is 9.31 Å². The van der Waals surface area contributed by atoms with Crippen LogP contribution in [0.5, 0.6) is 0 Å². The second-order valence-electron chi connectivity index (χ2n) is 4.42. The van der Waals surface area contributed by atoms with Crippen molar-refractivity contribution >= 4 is 17.0 Å². The third-order valence-corrected chi connectivity index (χ3v) is 3.82. The first-order valence-corrected chi connectivity index (χ1v) is 7.03. The van der Waals surface area contributed by atoms with Crippen molar-refractivity contribution in [3.8, 4) is 11.3 Å². The zero-order valence-electron chi connectivity index (χ0n) is 10.9. The van der Waals surface area contributed by atoms with Crippen LogP contribution in [0.3, 0.4) is 0 Å². The Hall–Kier alpha value is -1.86. The van der Waals surface area contributed by atoms with Crippen molar-refractivity contribution in [2.75, 3.05) is 0 Å². The standard InChI is InChI=1S/C13H14FN3O2S/c1-2-9(15)6-13-16-11(7-20-13)8-3-4-10(14)12(5-8)17(18)19/h3-5,7,9H,2,6,15H2,1H3. The average molecular weight is 295 g/mol. The van der Waals surface area contributed by atoms with Gasteiger partial charge >= 0.3 is 5.69 Å². The Morgan fingerprint density at radius 1 is 1.55 bits per heavy atom. The Bertz CT molecular complexity index is 630. The van der Waals surface area contributed by atoms with Crippen molar-refractivity contribution in [1.29, 1.82) is 0 Å². The largest absolute Gasteiger partial charge is 0.327 e. The van der Waals surface area contributed by atoms with Gasteiger partial charge in [-0.25, -0.2) is 4.98 Å². The molecule has 0 radical (unpaired) electrons. The maximum atomic E-state index is 13.3. The molecule has 0 aliphatic carbocycles. The quantitative estimate of drug-likeness (QED) is 0.678. The Balaban J connectivity index is 2.28. The highest BCUT2D eigenvalue weighted by molar-refractivity contribution is 7.09. The van der Waals surface area contributed by atoms with Gasteiger partial charge in [-0.2, -0.15) is 4.39 Å². The van der Waals surface area contributed by atoms with Crippen LogP contribution in [0.1, 0.15) is 18.4 Å². The fourth-order valence-corrected chi connectivity index (χ4v) is 2.62. The van der Waals surface area contributed by atoms with Gasteiger partial charge < -0.3 is 5.73 Å². The van der Waals surface area contributed by atoms with E-state index in [0.29, 0.717) is 17.7 Å². The number of nitrogens with two attached hydrogens (primary N) is 1. The van der Waals surface area contributed by atoms with Crippen LogP contribution in [0.25, 0.3) is 11.3 Å². The Kier molecular flexibility index (Phi) is 4.41. The topological polar surface area (TPSA) is 82.0 Å². The number of hydrogen-bond acceptors (Lipinski definition) is 5. The molecule has 20 heavy (non-hydrogen) atoms. The molecule has 0 aliphatic heterocycles. The lowest BCUT2D eigenvalue weighted by Gasteiger charge is -2.04. The maximum absolute atomic E-state index is 13.3. The Morgan fingerprint density at radius 2 is 2.30 bits per heavy atom. The van der Waals surface area contributed by atoms with Gasteiger partial charge in [0.15, 0.2) is 0 Å². The minimum absolute atomic E-state index is 0.0524. The molecule has 0 amide bonds. The van der Waals surface area contributed by atoms with Crippen molar-refractivity contribution in [2.24, 2.45) is 5.73 Å². The lowest BCUT2D eigenvalue weighted by molar-refractivity contribution is -0.387. The van der Waals surface area contributed by atoms with E-state index in [0.717, 1.165) is 17.5 Å². The lowest BCUT2D eigenvalue weighted by atomic mass is 10.1. The van der Waals surface area contributed by atoms with Crippen LogP contribution in [-0.2, 0) is 6.42 Å². The molecule has 2 N–H and O–H groups in total. The van der Waals surface area contributed by atoms with Crippen LogP contribution in [0, 0.1) is 15.9 Å². The van der Waals surface area contributed by atoms with Gasteiger partial charge in [-0.1, -0.05) is 6.92 Å². The van der Waals surface area contributed by atoms with E-state index in [1.54, 1.807) is 5.38 Å². The van der Waals surface area contributed by atoms with Crippen LogP contribution in [0.4, 0.5) is 10.1 Å². The van der Waals surface area contributed by atoms with Crippen LogP contribution in [0.15, 0.2) is 23.6 Å². The monoisotopic (exact) mass is 295 g/mol. The molecule has 1 aromatic heterocycles. The van der Waals surface area contributed by atoms with E-state index in [4.69, 9.17) is 5.73 Å². The molecule has 0 saturated heterocycles. The predicted molar refractivity (Wildman–Crippen MR) is 76.1 cm³/mol. The molecule has 1 aromatic carbocycles. The number of nitro benzene ring substituents is 1. The summed E-state index contributed by atoms with van der Waals surface area (Å²) in [5.74, 6) is -0.845. The molecule has 0 aliphatic rings. The van der Waals surface area contributed by atoms with Crippen LogP contribution < -0.4 is 5.73 Å². The van der Waals surface area contributed by atoms with E-state index in [-0.39, 0.29) is 6.04 Å². The second kappa shape index (κ2) is 6.06. The highest BCUT2D eigenvalue weighted by atomic mass is 32.1. The minimum atomic E-state index is -0.845. The van der Waals surface area contributed by atoms with Crippen molar-refractivity contribution in [3.05, 3.63) is 44.5 Å². The number of halogens is 1. The zero-order valence-corrected chi connectivity index (χ0v) is 11.7. The predicted octanol–water partition coefficient (Wildman–Crippen LogP) is 3.14. The summed E-state index contributed by atoms with van der Waals surface area (Å²) in [6, 6.07) is 3.83. The van der Waals surface area contributed by atoms with Crippen LogP contribution in [0.2, 0.25) is 0 Å². The molecule has 5 nitrogen and oxygen atoms in total. The van der Waals surface area contributed by atoms with Gasteiger partial charge in [0.25, 0.3) is 0 Å². The van der Waals surface area contributed by atoms with Gasteiger partial charge in [-0.05, 0) is 18.6 Å². The van der Waals surface area contributed by atoms with E-state index < -0.39 is 16.4 Å². The van der Waals surface area contributed by atoms with Gasteiger partial charge in [0.2, 0.25) is 5.82 Å². The molecule has 1 unspecified atom stereocenters. The molecule has 0 fully saturated rings. The summed E-state index contributed by atoms with van der Waals surface area (Å²) >= 11 is 1.45. The summed E-state index contributed by atoms with van der Waals surface area (Å²) in [7, 11) is 0. The summed E-state index contributed by atoms with van der Waals surface area (Å²) in [5.41, 5.74) is 6.47. The SMILES string of the molecule is CCC(N)Cc1nc(-c2ccc(F)c([N+](=O)[O-])c2)cs1. The molecular formula is C13H14FN3O2S. The minimum Gasteiger partial charge on any atom is -0.327 e. The highest BCUT2D eigenvalue weighted by Crippen LogP contribution is 2.27. The van der Waals surface area contributed by atoms with Crippen molar-refractivity contribution in [1.82, 2.24) is 4.98 Å². The third-order valence-electron chi connectivity index (χ3n) is 2.95. The molecule has 1 heterocycles. The first kappa shape index (κ1) is 14.5. The fraction of sp³-hybridized carbons (Fsp3) is 0.308. The Labute approximate surface area is 119 Å². The smallest absolute Gasteiger partial charge is 0.305 e. The van der Waals surface area contributed by atoms with Crippen molar-refractivity contribution in [2.45, 2.75) is 25.8 Å². The van der Waals surface area contributed by atoms with Crippen LogP contribution in [-0.4, -0.2) is 15.9 Å². The normalized spacial score (nSPS) is 12.3.